The molecule has 7 heteroatoms. The van der Waals surface area contributed by atoms with E-state index in [-0.39, 0.29) is 24.1 Å². The van der Waals surface area contributed by atoms with Crippen LogP contribution in [0.5, 0.6) is 23.0 Å². The number of rotatable bonds is 3. The lowest BCUT2D eigenvalue weighted by Crippen LogP contribution is -2.16. The summed E-state index contributed by atoms with van der Waals surface area (Å²) in [6, 6.07) is 8.24. The number of phenolic OH excluding ortho intramolecular Hbond substituents is 2. The van der Waals surface area contributed by atoms with Crippen LogP contribution >= 0.6 is 0 Å². The van der Waals surface area contributed by atoms with E-state index in [1.165, 1.54) is 6.07 Å². The first-order chi connectivity index (χ1) is 11.1. The summed E-state index contributed by atoms with van der Waals surface area (Å²) in [5, 5.41) is 26.6. The number of fused-ring (bicyclic) bond motifs is 1. The van der Waals surface area contributed by atoms with Gasteiger partial charge in [-0.2, -0.15) is 5.10 Å². The number of hydrazone groups is 1. The standard InChI is InChI=1S/C16H17N3O4/c1-2-9-5-11(13(21)7-12(9)20)16(19-17)18-10-3-4-14-15(6-10)23-8-22-14/h3-7,20-21H,2,8,17H2,1H3,(H,18,19). The summed E-state index contributed by atoms with van der Waals surface area (Å²) in [7, 11) is 0. The number of benzene rings is 2. The summed E-state index contributed by atoms with van der Waals surface area (Å²) in [6.07, 6.45) is 0.612. The molecule has 0 fully saturated rings. The molecule has 2 aromatic carbocycles. The molecule has 1 aliphatic rings. The number of ether oxygens (including phenoxy) is 2. The Morgan fingerprint density at radius 2 is 1.96 bits per heavy atom. The summed E-state index contributed by atoms with van der Waals surface area (Å²) in [6.45, 7) is 2.09. The number of amidine groups is 1. The Morgan fingerprint density at radius 3 is 2.70 bits per heavy atom. The molecule has 23 heavy (non-hydrogen) atoms. The lowest BCUT2D eigenvalue weighted by Gasteiger charge is -2.13. The van der Waals surface area contributed by atoms with Crippen molar-refractivity contribution in [1.29, 1.82) is 0 Å². The SMILES string of the molecule is CCc1cc(/C(=N/N)Nc2ccc3c(c2)OCO3)c(O)cc1O. The third kappa shape index (κ3) is 2.80. The molecule has 0 radical (unpaired) electrons. The molecule has 0 amide bonds. The Hall–Kier alpha value is -3.09. The zero-order chi connectivity index (χ0) is 16.4. The van der Waals surface area contributed by atoms with E-state index < -0.39 is 0 Å². The predicted octanol–water partition coefficient (Wildman–Crippen LogP) is 2.12. The van der Waals surface area contributed by atoms with Gasteiger partial charge in [0.25, 0.3) is 0 Å². The first kappa shape index (κ1) is 14.8. The average molecular weight is 315 g/mol. The highest BCUT2D eigenvalue weighted by molar-refractivity contribution is 6.10. The minimum atomic E-state index is -0.114. The number of hydrogen-bond donors (Lipinski definition) is 4. The minimum Gasteiger partial charge on any atom is -0.508 e. The second-order valence-corrected chi connectivity index (χ2v) is 5.02. The Balaban J connectivity index is 1.92. The van der Waals surface area contributed by atoms with E-state index in [1.807, 2.05) is 6.92 Å². The second-order valence-electron chi connectivity index (χ2n) is 5.02. The molecule has 0 unspecified atom stereocenters. The zero-order valence-corrected chi connectivity index (χ0v) is 12.5. The van der Waals surface area contributed by atoms with Gasteiger partial charge in [-0.15, -0.1) is 0 Å². The molecule has 0 saturated heterocycles. The highest BCUT2D eigenvalue weighted by atomic mass is 16.7. The van der Waals surface area contributed by atoms with Crippen molar-refractivity contribution in [1.82, 2.24) is 0 Å². The van der Waals surface area contributed by atoms with Gasteiger partial charge < -0.3 is 30.8 Å². The summed E-state index contributed by atoms with van der Waals surface area (Å²) in [5.74, 6) is 6.95. The monoisotopic (exact) mass is 315 g/mol. The Kier molecular flexibility index (Phi) is 3.84. The number of anilines is 1. The van der Waals surface area contributed by atoms with Gasteiger partial charge in [0.15, 0.2) is 17.3 Å². The molecule has 7 nitrogen and oxygen atoms in total. The third-order valence-electron chi connectivity index (χ3n) is 3.60. The first-order valence-electron chi connectivity index (χ1n) is 7.12. The molecular formula is C16H17N3O4. The van der Waals surface area contributed by atoms with Crippen molar-refractivity contribution in [2.45, 2.75) is 13.3 Å². The predicted molar refractivity (Wildman–Crippen MR) is 86.1 cm³/mol. The molecule has 0 atom stereocenters. The maximum atomic E-state index is 10.1. The summed E-state index contributed by atoms with van der Waals surface area (Å²) < 4.78 is 10.6. The number of nitrogens with zero attached hydrogens (tertiary/aromatic N) is 1. The molecule has 0 spiro atoms. The van der Waals surface area contributed by atoms with Crippen LogP contribution < -0.4 is 20.6 Å². The fraction of sp³-hybridized carbons (Fsp3) is 0.188. The van der Waals surface area contributed by atoms with Crippen LogP contribution in [0.3, 0.4) is 0 Å². The molecule has 0 saturated carbocycles. The maximum absolute atomic E-state index is 10.1. The lowest BCUT2D eigenvalue weighted by atomic mass is 10.1. The van der Waals surface area contributed by atoms with E-state index in [4.69, 9.17) is 15.3 Å². The molecular weight excluding hydrogens is 298 g/mol. The van der Waals surface area contributed by atoms with E-state index in [0.29, 0.717) is 34.7 Å². The average Bonchev–Trinajstić information content (AvgIpc) is 3.01. The highest BCUT2D eigenvalue weighted by Gasteiger charge is 2.16. The van der Waals surface area contributed by atoms with E-state index >= 15 is 0 Å². The van der Waals surface area contributed by atoms with Crippen molar-refractivity contribution < 1.29 is 19.7 Å². The number of phenols is 2. The van der Waals surface area contributed by atoms with E-state index in [9.17, 15) is 10.2 Å². The van der Waals surface area contributed by atoms with Gasteiger partial charge in [0.05, 0.1) is 5.56 Å². The summed E-state index contributed by atoms with van der Waals surface area (Å²) >= 11 is 0. The Labute approximate surface area is 133 Å². The van der Waals surface area contributed by atoms with Crippen molar-refractivity contribution >= 4 is 11.5 Å². The van der Waals surface area contributed by atoms with Crippen molar-refractivity contribution in [3.05, 3.63) is 41.5 Å². The van der Waals surface area contributed by atoms with Gasteiger partial charge in [0, 0.05) is 17.8 Å². The first-order valence-corrected chi connectivity index (χ1v) is 7.12. The van der Waals surface area contributed by atoms with Gasteiger partial charge in [-0.25, -0.2) is 0 Å². The molecule has 3 rings (SSSR count). The number of nitrogens with one attached hydrogen (secondary N) is 1. The van der Waals surface area contributed by atoms with Gasteiger partial charge in [-0.05, 0) is 30.2 Å². The topological polar surface area (TPSA) is 109 Å². The van der Waals surface area contributed by atoms with Crippen molar-refractivity contribution in [3.8, 4) is 23.0 Å². The Bertz CT molecular complexity index is 774. The molecule has 1 aliphatic heterocycles. The van der Waals surface area contributed by atoms with Crippen LogP contribution in [0.15, 0.2) is 35.4 Å². The smallest absolute Gasteiger partial charge is 0.231 e. The van der Waals surface area contributed by atoms with Gasteiger partial charge in [-0.3, -0.25) is 0 Å². The van der Waals surface area contributed by atoms with Crippen molar-refractivity contribution in [3.63, 3.8) is 0 Å². The van der Waals surface area contributed by atoms with Crippen molar-refractivity contribution in [2.75, 3.05) is 12.1 Å². The zero-order valence-electron chi connectivity index (χ0n) is 12.5. The molecule has 1 heterocycles. The van der Waals surface area contributed by atoms with Gasteiger partial charge in [0.1, 0.15) is 11.5 Å². The maximum Gasteiger partial charge on any atom is 0.231 e. The quantitative estimate of drug-likeness (QED) is 0.299. The highest BCUT2D eigenvalue weighted by Crippen LogP contribution is 2.35. The van der Waals surface area contributed by atoms with Crippen LogP contribution in [0.25, 0.3) is 0 Å². The summed E-state index contributed by atoms with van der Waals surface area (Å²) in [4.78, 5) is 0. The second kappa shape index (κ2) is 5.96. The third-order valence-corrected chi connectivity index (χ3v) is 3.60. The normalized spacial score (nSPS) is 13.2. The van der Waals surface area contributed by atoms with Crippen LogP contribution in [0.4, 0.5) is 5.69 Å². The van der Waals surface area contributed by atoms with Gasteiger partial charge in [-0.1, -0.05) is 6.92 Å². The molecule has 2 aromatic rings. The van der Waals surface area contributed by atoms with Crippen LogP contribution in [-0.4, -0.2) is 22.8 Å². The van der Waals surface area contributed by atoms with Gasteiger partial charge in [0.2, 0.25) is 6.79 Å². The Morgan fingerprint density at radius 1 is 1.17 bits per heavy atom. The largest absolute Gasteiger partial charge is 0.508 e. The molecule has 5 N–H and O–H groups in total. The lowest BCUT2D eigenvalue weighted by molar-refractivity contribution is 0.174. The number of aromatic hydroxyl groups is 2. The van der Waals surface area contributed by atoms with Crippen LogP contribution in [0, 0.1) is 0 Å². The van der Waals surface area contributed by atoms with E-state index in [2.05, 4.69) is 10.4 Å². The minimum absolute atomic E-state index is 0.0354. The molecule has 0 aliphatic carbocycles. The number of hydrogen-bond acceptors (Lipinski definition) is 6. The molecule has 0 aromatic heterocycles. The van der Waals surface area contributed by atoms with Gasteiger partial charge >= 0.3 is 0 Å². The number of aryl methyl sites for hydroxylation is 1. The van der Waals surface area contributed by atoms with Crippen LogP contribution in [0.2, 0.25) is 0 Å². The van der Waals surface area contributed by atoms with Crippen LogP contribution in [0.1, 0.15) is 18.1 Å². The van der Waals surface area contributed by atoms with E-state index in [0.717, 1.165) is 0 Å². The number of nitrogens with two attached hydrogens (primary N) is 1. The van der Waals surface area contributed by atoms with Crippen LogP contribution in [-0.2, 0) is 6.42 Å². The van der Waals surface area contributed by atoms with E-state index in [1.54, 1.807) is 24.3 Å². The van der Waals surface area contributed by atoms with Crippen molar-refractivity contribution in [2.24, 2.45) is 10.9 Å². The molecule has 120 valence electrons. The fourth-order valence-corrected chi connectivity index (χ4v) is 2.38. The molecule has 0 bridgehead atoms. The summed E-state index contributed by atoms with van der Waals surface area (Å²) in [5.41, 5.74) is 1.77. The fourth-order valence-electron chi connectivity index (χ4n) is 2.38.